The van der Waals surface area contributed by atoms with E-state index in [0.29, 0.717) is 0 Å². The molecule has 13 rings (SSSR count). The third-order valence-corrected chi connectivity index (χ3v) is 13.7. The summed E-state index contributed by atoms with van der Waals surface area (Å²) in [6, 6.07) is 83.6. The number of anilines is 3. The van der Waals surface area contributed by atoms with E-state index in [1.807, 2.05) is 12.1 Å². The summed E-state index contributed by atoms with van der Waals surface area (Å²) in [5, 5.41) is 6.03. The van der Waals surface area contributed by atoms with Crippen LogP contribution in [0.2, 0.25) is 0 Å². The molecule has 2 aromatic heterocycles. The molecule has 67 heavy (non-hydrogen) atoms. The lowest BCUT2D eigenvalue weighted by atomic mass is 9.97. The van der Waals surface area contributed by atoms with E-state index in [9.17, 15) is 0 Å². The van der Waals surface area contributed by atoms with Gasteiger partial charge in [-0.2, -0.15) is 0 Å². The molecule has 10 aromatic carbocycles. The van der Waals surface area contributed by atoms with Gasteiger partial charge in [0.25, 0.3) is 0 Å². The van der Waals surface area contributed by atoms with E-state index in [-0.39, 0.29) is 0 Å². The van der Waals surface area contributed by atoms with Crippen LogP contribution in [0.1, 0.15) is 17.7 Å². The molecule has 3 nitrogen and oxygen atoms in total. The molecule has 0 saturated carbocycles. The van der Waals surface area contributed by atoms with Crippen molar-refractivity contribution in [1.29, 1.82) is 0 Å². The lowest BCUT2D eigenvalue weighted by molar-refractivity contribution is 0.669. The summed E-state index contributed by atoms with van der Waals surface area (Å²) in [6.07, 6.45) is 6.72. The molecular formula is C64H44N2O. The van der Waals surface area contributed by atoms with Crippen LogP contribution in [0.4, 0.5) is 17.1 Å². The lowest BCUT2D eigenvalue weighted by Gasteiger charge is -2.26. The van der Waals surface area contributed by atoms with Gasteiger partial charge in [0.2, 0.25) is 0 Å². The van der Waals surface area contributed by atoms with Crippen molar-refractivity contribution in [2.45, 2.75) is 12.8 Å². The van der Waals surface area contributed by atoms with Gasteiger partial charge in [0.05, 0.1) is 5.52 Å². The monoisotopic (exact) mass is 856 g/mol. The number of benzene rings is 10. The minimum absolute atomic E-state index is 0.881. The number of rotatable bonds is 8. The Labute approximate surface area is 389 Å². The molecule has 12 aromatic rings. The fourth-order valence-electron chi connectivity index (χ4n) is 10.3. The largest absolute Gasteiger partial charge is 0.456 e. The Kier molecular flexibility index (Phi) is 9.31. The van der Waals surface area contributed by atoms with Crippen LogP contribution in [0.3, 0.4) is 0 Å². The fraction of sp³-hybridized carbons (Fsp3) is 0.0312. The lowest BCUT2D eigenvalue weighted by Crippen LogP contribution is -2.09. The Morgan fingerprint density at radius 2 is 0.925 bits per heavy atom. The summed E-state index contributed by atoms with van der Waals surface area (Å²) in [5.41, 5.74) is 19.7. The average Bonchev–Trinajstić information content (AvgIpc) is 3.95. The van der Waals surface area contributed by atoms with Crippen LogP contribution in [0, 0.1) is 0 Å². The van der Waals surface area contributed by atoms with E-state index in [1.54, 1.807) is 0 Å². The van der Waals surface area contributed by atoms with Gasteiger partial charge in [0.15, 0.2) is 0 Å². The molecule has 1 aliphatic rings. The Hall–Kier alpha value is -8.66. The minimum Gasteiger partial charge on any atom is -0.456 e. The van der Waals surface area contributed by atoms with Gasteiger partial charge in [0, 0.05) is 50.2 Å². The summed E-state index contributed by atoms with van der Waals surface area (Å²) in [6.45, 7) is 0. The van der Waals surface area contributed by atoms with Crippen molar-refractivity contribution in [3.63, 3.8) is 0 Å². The smallest absolute Gasteiger partial charge is 0.135 e. The summed E-state index contributed by atoms with van der Waals surface area (Å²) >= 11 is 0. The van der Waals surface area contributed by atoms with E-state index >= 15 is 0 Å². The number of furan rings is 1. The standard InChI is InChI=1S/C64H44N2O/c1-2-12-48-40-52(28-27-43(48)11-1)50-14-9-13-49(39-50)47-31-35-54(36-32-47)65(56-37-38-64-60(42-56)59-19-5-8-22-63(59)67-64)53-33-29-45(30-34-53)44-23-25-46(26-24-44)51-15-10-16-55(41-51)66-61-20-6-3-17-57(61)58-18-4-7-21-62(58)66/h1-6,8-20,22-42H,7,21H2. The van der Waals surface area contributed by atoms with Crippen LogP contribution >= 0.6 is 0 Å². The highest BCUT2D eigenvalue weighted by molar-refractivity contribution is 6.06. The van der Waals surface area contributed by atoms with Crippen molar-refractivity contribution in [2.24, 2.45) is 0 Å². The molecule has 0 N–H and O–H groups in total. The zero-order chi connectivity index (χ0) is 44.3. The maximum Gasteiger partial charge on any atom is 0.135 e. The predicted molar refractivity (Wildman–Crippen MR) is 282 cm³/mol. The SMILES string of the molecule is C1=Cc2c(n(-c3cccc(-c4ccc(-c5ccc(N(c6ccc(-c7cccc(-c8ccc9ccccc9c8)c7)cc6)c6ccc7oc8ccccc8c7c6)cc5)cc4)c3)c3ccccc23)CC1. The zero-order valence-corrected chi connectivity index (χ0v) is 36.8. The van der Waals surface area contributed by atoms with Gasteiger partial charge in [-0.15, -0.1) is 0 Å². The Balaban J connectivity index is 0.821. The molecule has 1 aliphatic carbocycles. The molecule has 316 valence electrons. The van der Waals surface area contributed by atoms with Crippen LogP contribution in [0.15, 0.2) is 241 Å². The second-order valence-corrected chi connectivity index (χ2v) is 17.6. The van der Waals surface area contributed by atoms with Gasteiger partial charge in [-0.3, -0.25) is 0 Å². The molecule has 0 radical (unpaired) electrons. The normalized spacial score (nSPS) is 12.3. The van der Waals surface area contributed by atoms with E-state index in [1.165, 1.54) is 83.1 Å². The molecule has 0 aliphatic heterocycles. The number of nitrogens with zero attached hydrogens (tertiary/aromatic N) is 2. The van der Waals surface area contributed by atoms with Gasteiger partial charge >= 0.3 is 0 Å². The highest BCUT2D eigenvalue weighted by Gasteiger charge is 2.20. The van der Waals surface area contributed by atoms with Gasteiger partial charge in [-0.25, -0.2) is 0 Å². The van der Waals surface area contributed by atoms with E-state index in [0.717, 1.165) is 51.8 Å². The van der Waals surface area contributed by atoms with Crippen molar-refractivity contribution in [3.8, 4) is 50.2 Å². The molecular weight excluding hydrogens is 813 g/mol. The quantitative estimate of drug-likeness (QED) is 0.152. The van der Waals surface area contributed by atoms with Gasteiger partial charge < -0.3 is 13.9 Å². The van der Waals surface area contributed by atoms with E-state index in [4.69, 9.17) is 4.42 Å². The first kappa shape index (κ1) is 38.8. The van der Waals surface area contributed by atoms with Crippen molar-refractivity contribution >= 4 is 66.8 Å². The second kappa shape index (κ2) is 16.1. The summed E-state index contributed by atoms with van der Waals surface area (Å²) in [4.78, 5) is 2.34. The average molecular weight is 857 g/mol. The van der Waals surface area contributed by atoms with Gasteiger partial charge in [0.1, 0.15) is 11.2 Å². The molecule has 2 heterocycles. The van der Waals surface area contributed by atoms with Crippen LogP contribution in [0.25, 0.3) is 99.9 Å². The fourth-order valence-corrected chi connectivity index (χ4v) is 10.3. The number of hydrogen-bond acceptors (Lipinski definition) is 2. The number of fused-ring (bicyclic) bond motifs is 7. The first-order chi connectivity index (χ1) is 33.2. The van der Waals surface area contributed by atoms with Crippen LogP contribution < -0.4 is 4.90 Å². The predicted octanol–water partition coefficient (Wildman–Crippen LogP) is 17.8. The highest BCUT2D eigenvalue weighted by Crippen LogP contribution is 2.41. The Morgan fingerprint density at radius 3 is 1.69 bits per heavy atom. The highest BCUT2D eigenvalue weighted by atomic mass is 16.3. The van der Waals surface area contributed by atoms with Gasteiger partial charge in [-0.05, 0) is 147 Å². The maximum atomic E-state index is 6.26. The second-order valence-electron chi connectivity index (χ2n) is 17.6. The molecule has 0 unspecified atom stereocenters. The molecule has 0 fully saturated rings. The third kappa shape index (κ3) is 6.92. The summed E-state index contributed by atoms with van der Waals surface area (Å²) < 4.78 is 8.73. The van der Waals surface area contributed by atoms with Crippen molar-refractivity contribution in [1.82, 2.24) is 4.57 Å². The Bertz CT molecular complexity index is 3850. The van der Waals surface area contributed by atoms with Crippen molar-refractivity contribution in [3.05, 3.63) is 248 Å². The maximum absolute atomic E-state index is 6.26. The van der Waals surface area contributed by atoms with E-state index < -0.39 is 0 Å². The number of hydrogen-bond donors (Lipinski definition) is 0. The molecule has 0 atom stereocenters. The Morgan fingerprint density at radius 1 is 0.373 bits per heavy atom. The van der Waals surface area contributed by atoms with Crippen LogP contribution in [-0.4, -0.2) is 4.57 Å². The third-order valence-electron chi connectivity index (χ3n) is 13.7. The van der Waals surface area contributed by atoms with Crippen LogP contribution in [-0.2, 0) is 6.42 Å². The number of para-hydroxylation sites is 2. The van der Waals surface area contributed by atoms with Gasteiger partial charge in [-0.1, -0.05) is 164 Å². The summed E-state index contributed by atoms with van der Waals surface area (Å²) in [5.74, 6) is 0. The number of aromatic nitrogens is 1. The molecule has 0 saturated heterocycles. The van der Waals surface area contributed by atoms with Crippen molar-refractivity contribution in [2.75, 3.05) is 4.90 Å². The molecule has 0 spiro atoms. The van der Waals surface area contributed by atoms with Crippen molar-refractivity contribution < 1.29 is 4.42 Å². The topological polar surface area (TPSA) is 21.3 Å². The zero-order valence-electron chi connectivity index (χ0n) is 36.8. The van der Waals surface area contributed by atoms with Crippen LogP contribution in [0.5, 0.6) is 0 Å². The molecule has 0 amide bonds. The minimum atomic E-state index is 0.881. The first-order valence-corrected chi connectivity index (χ1v) is 23.2. The molecule has 3 heteroatoms. The van der Waals surface area contributed by atoms with E-state index in [2.05, 4.69) is 240 Å². The summed E-state index contributed by atoms with van der Waals surface area (Å²) in [7, 11) is 0. The first-order valence-electron chi connectivity index (χ1n) is 23.2. The number of allylic oxidation sites excluding steroid dienone is 1. The molecule has 0 bridgehead atoms.